The van der Waals surface area contributed by atoms with Gasteiger partial charge in [-0.05, 0) is 48.2 Å². The van der Waals surface area contributed by atoms with E-state index in [0.717, 1.165) is 12.1 Å². The molecule has 0 bridgehead atoms. The van der Waals surface area contributed by atoms with Crippen molar-refractivity contribution < 1.29 is 22.8 Å². The van der Waals surface area contributed by atoms with Crippen LogP contribution in [-0.4, -0.2) is 16.3 Å². The van der Waals surface area contributed by atoms with Crippen molar-refractivity contribution in [1.29, 1.82) is 5.26 Å². The molecule has 1 amide bonds. The summed E-state index contributed by atoms with van der Waals surface area (Å²) in [4.78, 5) is 29.6. The van der Waals surface area contributed by atoms with Gasteiger partial charge in [0.05, 0.1) is 11.1 Å². The monoisotopic (exact) mass is 528 g/mol. The van der Waals surface area contributed by atoms with Crippen LogP contribution in [0.2, 0.25) is 0 Å². The zero-order chi connectivity index (χ0) is 27.7. The molecule has 3 aromatic rings. The molecule has 0 fully saturated rings. The number of amides is 1. The zero-order valence-electron chi connectivity index (χ0n) is 21.1. The lowest BCUT2D eigenvalue weighted by atomic mass is 9.60. The second-order valence-corrected chi connectivity index (χ2v) is 10.8. The van der Waals surface area contributed by atoms with E-state index in [9.17, 15) is 28.0 Å². The van der Waals surface area contributed by atoms with Crippen LogP contribution in [0.4, 0.5) is 24.5 Å². The summed E-state index contributed by atoms with van der Waals surface area (Å²) in [5.74, 6) is -0.642. The van der Waals surface area contributed by atoms with Crippen molar-refractivity contribution in [3.63, 3.8) is 0 Å². The van der Waals surface area contributed by atoms with Crippen LogP contribution >= 0.6 is 0 Å². The van der Waals surface area contributed by atoms with Gasteiger partial charge in [0.1, 0.15) is 17.3 Å². The number of nitriles is 1. The molecule has 0 saturated heterocycles. The SMILES string of the molecule is CC1(C)CC(=O)C2=C(C1)N(c1cccc(C(F)(F)F)c1)C(n1cccc1)=C(C#N)[C@]21C(=O)Nc2ccccc21. The van der Waals surface area contributed by atoms with Crippen LogP contribution in [0.5, 0.6) is 0 Å². The molecule has 196 valence electrons. The van der Waals surface area contributed by atoms with E-state index in [1.54, 1.807) is 58.3 Å². The van der Waals surface area contributed by atoms with Gasteiger partial charge in [-0.15, -0.1) is 0 Å². The smallest absolute Gasteiger partial charge is 0.324 e. The van der Waals surface area contributed by atoms with E-state index < -0.39 is 28.5 Å². The van der Waals surface area contributed by atoms with Crippen molar-refractivity contribution in [2.45, 2.75) is 38.3 Å². The van der Waals surface area contributed by atoms with Gasteiger partial charge in [0.15, 0.2) is 5.78 Å². The molecule has 0 saturated carbocycles. The van der Waals surface area contributed by atoms with Crippen molar-refractivity contribution >= 4 is 28.9 Å². The molecule has 39 heavy (non-hydrogen) atoms. The third-order valence-corrected chi connectivity index (χ3v) is 7.62. The van der Waals surface area contributed by atoms with Crippen LogP contribution in [0.3, 0.4) is 0 Å². The molecule has 2 aromatic carbocycles. The lowest BCUT2D eigenvalue weighted by Crippen LogP contribution is -2.51. The first kappa shape index (κ1) is 24.7. The Labute approximate surface area is 222 Å². The highest BCUT2D eigenvalue weighted by molar-refractivity contribution is 6.21. The number of hydrogen-bond acceptors (Lipinski definition) is 4. The second-order valence-electron chi connectivity index (χ2n) is 10.8. The summed E-state index contributed by atoms with van der Waals surface area (Å²) in [6.45, 7) is 3.82. The lowest BCUT2D eigenvalue weighted by Gasteiger charge is -2.47. The number of nitrogens with zero attached hydrogens (tertiary/aromatic N) is 3. The maximum absolute atomic E-state index is 14.0. The van der Waals surface area contributed by atoms with Crippen molar-refractivity contribution in [2.75, 3.05) is 10.2 Å². The quantitative estimate of drug-likeness (QED) is 0.426. The average molecular weight is 529 g/mol. The van der Waals surface area contributed by atoms with Crippen LogP contribution in [0, 0.1) is 16.7 Å². The molecule has 9 heteroatoms. The van der Waals surface area contributed by atoms with Crippen molar-refractivity contribution in [3.8, 4) is 6.07 Å². The van der Waals surface area contributed by atoms with E-state index >= 15 is 0 Å². The normalized spacial score (nSPS) is 22.1. The average Bonchev–Trinajstić information content (AvgIpc) is 3.50. The third-order valence-electron chi connectivity index (χ3n) is 7.62. The fraction of sp³-hybridized carbons (Fsp3) is 0.233. The second kappa shape index (κ2) is 8.21. The number of alkyl halides is 3. The molecular weight excluding hydrogens is 505 g/mol. The molecule has 6 rings (SSSR count). The third kappa shape index (κ3) is 3.48. The minimum Gasteiger partial charge on any atom is -0.324 e. The van der Waals surface area contributed by atoms with Crippen LogP contribution in [0.15, 0.2) is 89.9 Å². The number of carbonyl (C=O) groups is 2. The van der Waals surface area contributed by atoms with Gasteiger partial charge in [-0.2, -0.15) is 18.4 Å². The molecule has 0 radical (unpaired) electrons. The first-order valence-corrected chi connectivity index (χ1v) is 12.4. The summed E-state index contributed by atoms with van der Waals surface area (Å²) in [5.41, 5.74) is -1.55. The predicted octanol–water partition coefficient (Wildman–Crippen LogP) is 6.25. The molecule has 1 N–H and O–H groups in total. The Balaban J connectivity index is 1.78. The number of fused-ring (bicyclic) bond motifs is 3. The molecule has 0 unspecified atom stereocenters. The van der Waals surface area contributed by atoms with Gasteiger partial charge in [-0.3, -0.25) is 14.5 Å². The van der Waals surface area contributed by atoms with Gasteiger partial charge in [-0.25, -0.2) is 0 Å². The Morgan fingerprint density at radius 3 is 2.38 bits per heavy atom. The molecule has 1 aliphatic carbocycles. The summed E-state index contributed by atoms with van der Waals surface area (Å²) < 4.78 is 43.1. The number of allylic oxidation sites excluding steroid dienone is 1. The number of hydrogen-bond donors (Lipinski definition) is 1. The number of halogens is 3. The van der Waals surface area contributed by atoms with Crippen LogP contribution in [0.25, 0.3) is 5.82 Å². The summed E-state index contributed by atoms with van der Waals surface area (Å²) in [6.07, 6.45) is -0.851. The molecule has 1 aromatic heterocycles. The van der Waals surface area contributed by atoms with E-state index in [0.29, 0.717) is 23.4 Å². The van der Waals surface area contributed by atoms with Gasteiger partial charge >= 0.3 is 6.18 Å². The summed E-state index contributed by atoms with van der Waals surface area (Å²) in [7, 11) is 0. The highest BCUT2D eigenvalue weighted by atomic mass is 19.4. The van der Waals surface area contributed by atoms with E-state index in [1.807, 2.05) is 13.8 Å². The van der Waals surface area contributed by atoms with Gasteiger partial charge in [-0.1, -0.05) is 38.1 Å². The number of para-hydroxylation sites is 1. The number of ketones is 1. The number of nitrogens with one attached hydrogen (secondary N) is 1. The van der Waals surface area contributed by atoms with Gasteiger partial charge in [0.2, 0.25) is 5.91 Å². The van der Waals surface area contributed by atoms with Gasteiger partial charge in [0.25, 0.3) is 0 Å². The highest BCUT2D eigenvalue weighted by Crippen LogP contribution is 2.58. The van der Waals surface area contributed by atoms with E-state index in [2.05, 4.69) is 11.4 Å². The Bertz CT molecular complexity index is 1660. The van der Waals surface area contributed by atoms with E-state index in [1.165, 1.54) is 12.1 Å². The van der Waals surface area contributed by atoms with E-state index in [-0.39, 0.29) is 34.9 Å². The van der Waals surface area contributed by atoms with Crippen LogP contribution in [0.1, 0.15) is 37.8 Å². The van der Waals surface area contributed by atoms with Gasteiger partial charge < -0.3 is 9.88 Å². The first-order valence-electron chi connectivity index (χ1n) is 12.4. The standard InChI is InChI=1S/C30H23F3N4O2/c1-28(2)15-23-25(24(38)16-28)29(20-10-3-4-11-22(20)35-27(29)39)21(17-34)26(36-12-5-6-13-36)37(23)19-9-7-8-18(14-19)30(31,32)33/h3-14H,15-16H2,1-2H3,(H,35,39)/t29-/m0/s1. The fourth-order valence-corrected chi connectivity index (χ4v) is 6.14. The summed E-state index contributed by atoms with van der Waals surface area (Å²) >= 11 is 0. The number of carbonyl (C=O) groups excluding carboxylic acids is 2. The van der Waals surface area contributed by atoms with E-state index in [4.69, 9.17) is 0 Å². The molecule has 1 atom stereocenters. The predicted molar refractivity (Wildman–Crippen MR) is 139 cm³/mol. The fourth-order valence-electron chi connectivity index (χ4n) is 6.14. The van der Waals surface area contributed by atoms with Crippen molar-refractivity contribution in [1.82, 2.24) is 4.57 Å². The number of Topliss-reactive ketones (excluding diaryl/α,β-unsaturated/α-hetero) is 1. The molecule has 2 aliphatic heterocycles. The Morgan fingerprint density at radius 1 is 0.974 bits per heavy atom. The maximum Gasteiger partial charge on any atom is 0.416 e. The molecule has 3 aliphatic rings. The highest BCUT2D eigenvalue weighted by Gasteiger charge is 2.61. The minimum atomic E-state index is -4.61. The van der Waals surface area contributed by atoms with Gasteiger partial charge in [0, 0.05) is 47.0 Å². The largest absolute Gasteiger partial charge is 0.416 e. The Morgan fingerprint density at radius 2 is 1.69 bits per heavy atom. The van der Waals surface area contributed by atoms with Crippen LogP contribution < -0.4 is 10.2 Å². The maximum atomic E-state index is 14.0. The topological polar surface area (TPSA) is 78.1 Å². The van der Waals surface area contributed by atoms with Crippen LogP contribution in [-0.2, 0) is 21.2 Å². The summed E-state index contributed by atoms with van der Waals surface area (Å²) in [5, 5.41) is 13.6. The Kier molecular flexibility index (Phi) is 5.21. The molecule has 3 heterocycles. The molecular formula is C30H23F3N4O2. The zero-order valence-corrected chi connectivity index (χ0v) is 21.1. The minimum absolute atomic E-state index is 0.0367. The first-order chi connectivity index (χ1) is 18.5. The number of aromatic nitrogens is 1. The van der Waals surface area contributed by atoms with Crippen molar-refractivity contribution in [3.05, 3.63) is 101 Å². The number of anilines is 2. The summed E-state index contributed by atoms with van der Waals surface area (Å²) in [6, 6.07) is 17.4. The van der Waals surface area contributed by atoms with Crippen molar-refractivity contribution in [2.24, 2.45) is 5.41 Å². The molecule has 1 spiro atoms. The number of rotatable bonds is 2. The molecule has 6 nitrogen and oxygen atoms in total. The lowest BCUT2D eigenvalue weighted by molar-refractivity contribution is -0.137. The number of benzene rings is 2. The Hall–Kier alpha value is -4.58.